The number of rotatable bonds is 5. The highest BCUT2D eigenvalue weighted by Crippen LogP contribution is 2.15. The van der Waals surface area contributed by atoms with Gasteiger partial charge in [0.1, 0.15) is 0 Å². The molecule has 1 aromatic rings. The summed E-state index contributed by atoms with van der Waals surface area (Å²) in [6.45, 7) is 0.496. The Morgan fingerprint density at radius 1 is 1.33 bits per heavy atom. The van der Waals surface area contributed by atoms with Gasteiger partial charge in [-0.15, -0.1) is 13.2 Å². The largest absolute Gasteiger partial charge is 0.522 e. The average molecular weight is 283 g/mol. The maximum absolute atomic E-state index is 11.7. The van der Waals surface area contributed by atoms with Crippen molar-refractivity contribution in [3.05, 3.63) is 29.8 Å². The van der Waals surface area contributed by atoms with Gasteiger partial charge >= 0.3 is 6.36 Å². The number of benzene rings is 1. The van der Waals surface area contributed by atoms with Crippen molar-refractivity contribution in [2.24, 2.45) is 0 Å². The van der Waals surface area contributed by atoms with Crippen LogP contribution < -0.4 is 4.72 Å². The Hall–Kier alpha value is -1.12. The van der Waals surface area contributed by atoms with E-state index in [1.165, 1.54) is 12.1 Å². The molecule has 0 bridgehead atoms. The second-order valence-electron chi connectivity index (χ2n) is 3.51. The fourth-order valence-corrected chi connectivity index (χ4v) is 2.33. The molecule has 1 N–H and O–H groups in total. The molecule has 0 aliphatic heterocycles. The molecule has 0 unspecified atom stereocenters. The number of hydrogen-bond acceptors (Lipinski definition) is 3. The summed E-state index contributed by atoms with van der Waals surface area (Å²) in [5.41, 5.74) is 0.740. The summed E-state index contributed by atoms with van der Waals surface area (Å²) < 4.78 is 63.8. The van der Waals surface area contributed by atoms with Crippen LogP contribution in [0, 0.1) is 6.92 Å². The second kappa shape index (κ2) is 5.68. The molecule has 0 saturated carbocycles. The van der Waals surface area contributed by atoms with Crippen LogP contribution in [0.15, 0.2) is 29.2 Å². The third kappa shape index (κ3) is 5.03. The van der Waals surface area contributed by atoms with Gasteiger partial charge in [0.15, 0.2) is 0 Å². The fraction of sp³-hybridized carbons (Fsp3) is 0.400. The van der Waals surface area contributed by atoms with E-state index in [4.69, 9.17) is 0 Å². The molecule has 4 nitrogen and oxygen atoms in total. The van der Waals surface area contributed by atoms with Crippen LogP contribution in [0.25, 0.3) is 0 Å². The molecule has 0 heterocycles. The number of ether oxygens (including phenoxy) is 1. The summed E-state index contributed by atoms with van der Waals surface area (Å²) in [6, 6.07) is 6.05. The van der Waals surface area contributed by atoms with E-state index in [0.717, 1.165) is 5.56 Å². The molecule has 1 rings (SSSR count). The first-order chi connectivity index (χ1) is 8.21. The smallest absolute Gasteiger partial charge is 0.291 e. The maximum Gasteiger partial charge on any atom is 0.522 e. The SMILES string of the molecule is Cc1cccc(S(=O)(=O)NCCOC(F)(F)F)c1. The summed E-state index contributed by atoms with van der Waals surface area (Å²) in [7, 11) is -3.80. The van der Waals surface area contributed by atoms with Crippen molar-refractivity contribution >= 4 is 10.0 Å². The van der Waals surface area contributed by atoms with Crippen molar-refractivity contribution in [2.45, 2.75) is 18.2 Å². The average Bonchev–Trinajstić information content (AvgIpc) is 2.23. The van der Waals surface area contributed by atoms with E-state index in [0.29, 0.717) is 0 Å². The number of alkyl halides is 3. The van der Waals surface area contributed by atoms with Gasteiger partial charge in [0.25, 0.3) is 0 Å². The zero-order valence-electron chi connectivity index (χ0n) is 9.49. The van der Waals surface area contributed by atoms with Crippen LogP contribution in [-0.2, 0) is 14.8 Å². The molecule has 0 aliphatic rings. The van der Waals surface area contributed by atoms with Gasteiger partial charge in [0.2, 0.25) is 10.0 Å². The van der Waals surface area contributed by atoms with Crippen molar-refractivity contribution in [1.29, 1.82) is 0 Å². The molecular formula is C10H12F3NO3S. The Kier molecular flexibility index (Phi) is 4.71. The van der Waals surface area contributed by atoms with Crippen LogP contribution in [0.2, 0.25) is 0 Å². The van der Waals surface area contributed by atoms with Gasteiger partial charge in [-0.1, -0.05) is 12.1 Å². The van der Waals surface area contributed by atoms with Crippen LogP contribution in [-0.4, -0.2) is 27.9 Å². The first kappa shape index (κ1) is 14.9. The molecule has 102 valence electrons. The van der Waals surface area contributed by atoms with Gasteiger partial charge in [-0.05, 0) is 24.6 Å². The van der Waals surface area contributed by atoms with Crippen molar-refractivity contribution in [1.82, 2.24) is 4.72 Å². The number of aryl methyl sites for hydroxylation is 1. The Balaban J connectivity index is 2.56. The lowest BCUT2D eigenvalue weighted by atomic mass is 10.2. The summed E-state index contributed by atoms with van der Waals surface area (Å²) in [6.07, 6.45) is -4.76. The summed E-state index contributed by atoms with van der Waals surface area (Å²) in [4.78, 5) is 0.00880. The second-order valence-corrected chi connectivity index (χ2v) is 5.28. The number of nitrogens with one attached hydrogen (secondary N) is 1. The van der Waals surface area contributed by atoms with Gasteiger partial charge in [0, 0.05) is 6.54 Å². The lowest BCUT2D eigenvalue weighted by Gasteiger charge is -2.09. The van der Waals surface area contributed by atoms with Gasteiger partial charge in [-0.2, -0.15) is 0 Å². The van der Waals surface area contributed by atoms with Crippen LogP contribution in [0.3, 0.4) is 0 Å². The first-order valence-electron chi connectivity index (χ1n) is 4.98. The zero-order valence-corrected chi connectivity index (χ0v) is 10.3. The molecule has 0 spiro atoms. The molecule has 1 aromatic carbocycles. The molecule has 18 heavy (non-hydrogen) atoms. The molecular weight excluding hydrogens is 271 g/mol. The summed E-state index contributed by atoms with van der Waals surface area (Å²) in [5, 5.41) is 0. The fourth-order valence-electron chi connectivity index (χ4n) is 1.21. The number of halogens is 3. The van der Waals surface area contributed by atoms with E-state index >= 15 is 0 Å². The lowest BCUT2D eigenvalue weighted by Crippen LogP contribution is -2.29. The molecule has 0 amide bonds. The molecule has 0 aliphatic carbocycles. The minimum absolute atomic E-state index is 0.00880. The number of sulfonamides is 1. The van der Waals surface area contributed by atoms with E-state index in [-0.39, 0.29) is 4.90 Å². The predicted molar refractivity (Wildman–Crippen MR) is 58.4 cm³/mol. The molecule has 0 atom stereocenters. The van der Waals surface area contributed by atoms with E-state index in [2.05, 4.69) is 4.74 Å². The molecule has 0 radical (unpaired) electrons. The summed E-state index contributed by atoms with van der Waals surface area (Å²) >= 11 is 0. The van der Waals surface area contributed by atoms with E-state index < -0.39 is 29.5 Å². The Morgan fingerprint density at radius 3 is 2.56 bits per heavy atom. The monoisotopic (exact) mass is 283 g/mol. The van der Waals surface area contributed by atoms with Crippen molar-refractivity contribution in [3.63, 3.8) is 0 Å². The van der Waals surface area contributed by atoms with Crippen LogP contribution in [0.1, 0.15) is 5.56 Å². The first-order valence-corrected chi connectivity index (χ1v) is 6.46. The summed E-state index contributed by atoms with van der Waals surface area (Å²) in [5.74, 6) is 0. The minimum atomic E-state index is -4.76. The minimum Gasteiger partial charge on any atom is -0.291 e. The normalized spacial score (nSPS) is 12.7. The third-order valence-corrected chi connectivity index (χ3v) is 3.42. The molecule has 0 saturated heterocycles. The highest BCUT2D eigenvalue weighted by molar-refractivity contribution is 7.89. The van der Waals surface area contributed by atoms with Crippen molar-refractivity contribution in [2.75, 3.05) is 13.2 Å². The standard InChI is InChI=1S/C10H12F3NO3S/c1-8-3-2-4-9(7-8)18(15,16)14-5-6-17-10(11,12)13/h2-4,7,14H,5-6H2,1H3. The highest BCUT2D eigenvalue weighted by atomic mass is 32.2. The third-order valence-electron chi connectivity index (χ3n) is 1.96. The van der Waals surface area contributed by atoms with Gasteiger partial charge in [-0.3, -0.25) is 4.74 Å². The topological polar surface area (TPSA) is 55.4 Å². The Labute approximate surface area is 103 Å². The quantitative estimate of drug-likeness (QED) is 0.838. The van der Waals surface area contributed by atoms with E-state index in [1.54, 1.807) is 19.1 Å². The number of hydrogen-bond donors (Lipinski definition) is 1. The van der Waals surface area contributed by atoms with Gasteiger partial charge in [0.05, 0.1) is 11.5 Å². The van der Waals surface area contributed by atoms with Crippen LogP contribution in [0.4, 0.5) is 13.2 Å². The zero-order chi connectivity index (χ0) is 13.8. The van der Waals surface area contributed by atoms with E-state index in [1.807, 2.05) is 4.72 Å². The van der Waals surface area contributed by atoms with Gasteiger partial charge < -0.3 is 0 Å². The van der Waals surface area contributed by atoms with Gasteiger partial charge in [-0.25, -0.2) is 13.1 Å². The molecule has 0 aromatic heterocycles. The highest BCUT2D eigenvalue weighted by Gasteiger charge is 2.28. The van der Waals surface area contributed by atoms with E-state index in [9.17, 15) is 21.6 Å². The lowest BCUT2D eigenvalue weighted by molar-refractivity contribution is -0.323. The predicted octanol–water partition coefficient (Wildman–Crippen LogP) is 1.81. The van der Waals surface area contributed by atoms with Crippen molar-refractivity contribution in [3.8, 4) is 0 Å². The maximum atomic E-state index is 11.7. The Morgan fingerprint density at radius 2 is 2.00 bits per heavy atom. The molecule has 0 fully saturated rings. The Bertz CT molecular complexity index is 499. The van der Waals surface area contributed by atoms with Crippen LogP contribution >= 0.6 is 0 Å². The van der Waals surface area contributed by atoms with Crippen molar-refractivity contribution < 1.29 is 26.3 Å². The van der Waals surface area contributed by atoms with Crippen LogP contribution in [0.5, 0.6) is 0 Å². The molecule has 8 heteroatoms.